The molecule has 0 spiro atoms. The molecule has 0 amide bonds. The van der Waals surface area contributed by atoms with E-state index in [4.69, 9.17) is 9.47 Å². The number of aromatic nitrogens is 1. The van der Waals surface area contributed by atoms with Crippen LogP contribution >= 0.6 is 0 Å². The Hall–Kier alpha value is -2.90. The first-order valence-electron chi connectivity index (χ1n) is 9.04. The molecule has 0 fully saturated rings. The maximum Gasteiger partial charge on any atom is 0.244 e. The maximum atomic E-state index is 13.6. The molecule has 2 aliphatic heterocycles. The van der Waals surface area contributed by atoms with Gasteiger partial charge in [-0.25, -0.2) is 8.42 Å². The number of rotatable bonds is 3. The summed E-state index contributed by atoms with van der Waals surface area (Å²) in [5, 5.41) is 0. The molecule has 1 atom stereocenters. The van der Waals surface area contributed by atoms with Crippen LogP contribution in [0, 0.1) is 0 Å². The largest absolute Gasteiger partial charge is 0.454 e. The van der Waals surface area contributed by atoms with Gasteiger partial charge in [0.15, 0.2) is 11.5 Å². The van der Waals surface area contributed by atoms with Gasteiger partial charge in [0.25, 0.3) is 0 Å². The standard InChI is InChI=1S/C21H18N2O4S/c24-28(25,17-5-6-19-20(13-17)27-14-26-19)23-12-9-15-3-1-2-4-18(15)21(23)16-7-10-22-11-8-16/h1-8,10-11,13,21H,9,12,14H2. The van der Waals surface area contributed by atoms with Crippen molar-refractivity contribution in [3.63, 3.8) is 0 Å². The van der Waals surface area contributed by atoms with Crippen molar-refractivity contribution in [2.75, 3.05) is 13.3 Å². The van der Waals surface area contributed by atoms with Crippen LogP contribution < -0.4 is 9.47 Å². The Bertz CT molecular complexity index is 1130. The Morgan fingerprint density at radius 3 is 2.61 bits per heavy atom. The van der Waals surface area contributed by atoms with Crippen molar-refractivity contribution < 1.29 is 17.9 Å². The van der Waals surface area contributed by atoms with E-state index in [9.17, 15) is 8.42 Å². The minimum atomic E-state index is -3.75. The molecule has 0 N–H and O–H groups in total. The molecule has 1 unspecified atom stereocenters. The summed E-state index contributed by atoms with van der Waals surface area (Å²) in [7, 11) is -3.75. The van der Waals surface area contributed by atoms with Gasteiger partial charge in [0.2, 0.25) is 16.8 Å². The summed E-state index contributed by atoms with van der Waals surface area (Å²) in [5.41, 5.74) is 3.07. The predicted octanol–water partition coefficient (Wildman–Crippen LogP) is 3.15. The summed E-state index contributed by atoms with van der Waals surface area (Å²) < 4.78 is 39.4. The smallest absolute Gasteiger partial charge is 0.244 e. The van der Waals surface area contributed by atoms with Crippen LogP contribution in [-0.4, -0.2) is 31.0 Å². The topological polar surface area (TPSA) is 68.7 Å². The molecule has 7 heteroatoms. The first-order chi connectivity index (χ1) is 13.6. The predicted molar refractivity (Wildman–Crippen MR) is 103 cm³/mol. The van der Waals surface area contributed by atoms with Crippen molar-refractivity contribution in [1.29, 1.82) is 0 Å². The van der Waals surface area contributed by atoms with Crippen LogP contribution in [0.25, 0.3) is 0 Å². The number of fused-ring (bicyclic) bond motifs is 2. The lowest BCUT2D eigenvalue weighted by molar-refractivity contribution is 0.174. The number of pyridine rings is 1. The zero-order chi connectivity index (χ0) is 19.1. The van der Waals surface area contributed by atoms with Gasteiger partial charge in [-0.3, -0.25) is 4.98 Å². The number of sulfonamides is 1. The molecular weight excluding hydrogens is 376 g/mol. The van der Waals surface area contributed by atoms with Crippen molar-refractivity contribution in [2.45, 2.75) is 17.4 Å². The Morgan fingerprint density at radius 1 is 0.964 bits per heavy atom. The Labute approximate surface area is 163 Å². The lowest BCUT2D eigenvalue weighted by atomic mass is 9.90. The molecule has 2 aliphatic rings. The number of hydrogen-bond donors (Lipinski definition) is 0. The van der Waals surface area contributed by atoms with Gasteiger partial charge in [-0.05, 0) is 47.4 Å². The number of nitrogens with zero attached hydrogens (tertiary/aromatic N) is 2. The summed E-state index contributed by atoms with van der Waals surface area (Å²) in [6, 6.07) is 16.1. The fourth-order valence-electron chi connectivity index (χ4n) is 3.87. The van der Waals surface area contributed by atoms with Crippen molar-refractivity contribution in [3.8, 4) is 11.5 Å². The van der Waals surface area contributed by atoms with Crippen LogP contribution in [0.3, 0.4) is 0 Å². The van der Waals surface area contributed by atoms with Crippen LogP contribution in [0.5, 0.6) is 11.5 Å². The van der Waals surface area contributed by atoms with Crippen LogP contribution in [-0.2, 0) is 16.4 Å². The van der Waals surface area contributed by atoms with Gasteiger partial charge in [-0.2, -0.15) is 4.31 Å². The minimum Gasteiger partial charge on any atom is -0.454 e. The van der Waals surface area contributed by atoms with Gasteiger partial charge in [-0.1, -0.05) is 24.3 Å². The van der Waals surface area contributed by atoms with E-state index in [0.29, 0.717) is 24.5 Å². The highest BCUT2D eigenvalue weighted by atomic mass is 32.2. The fourth-order valence-corrected chi connectivity index (χ4v) is 5.48. The first kappa shape index (κ1) is 17.2. The molecule has 3 heterocycles. The zero-order valence-electron chi connectivity index (χ0n) is 15.0. The second-order valence-corrected chi connectivity index (χ2v) is 8.65. The lowest BCUT2D eigenvalue weighted by Crippen LogP contribution is -2.40. The van der Waals surface area contributed by atoms with Crippen LogP contribution in [0.2, 0.25) is 0 Å². The van der Waals surface area contributed by atoms with E-state index in [1.807, 2.05) is 30.3 Å². The van der Waals surface area contributed by atoms with Crippen LogP contribution in [0.4, 0.5) is 0 Å². The van der Waals surface area contributed by atoms with E-state index in [2.05, 4.69) is 11.1 Å². The molecule has 0 saturated heterocycles. The van der Waals surface area contributed by atoms with Crippen LogP contribution in [0.1, 0.15) is 22.7 Å². The molecule has 0 saturated carbocycles. The minimum absolute atomic E-state index is 0.107. The highest BCUT2D eigenvalue weighted by Gasteiger charge is 2.37. The van der Waals surface area contributed by atoms with Crippen molar-refractivity contribution in [1.82, 2.24) is 9.29 Å². The zero-order valence-corrected chi connectivity index (χ0v) is 15.8. The fraction of sp³-hybridized carbons (Fsp3) is 0.190. The second-order valence-electron chi connectivity index (χ2n) is 6.76. The van der Waals surface area contributed by atoms with E-state index in [-0.39, 0.29) is 11.7 Å². The quantitative estimate of drug-likeness (QED) is 0.683. The van der Waals surface area contributed by atoms with E-state index < -0.39 is 16.1 Å². The number of ether oxygens (including phenoxy) is 2. The summed E-state index contributed by atoms with van der Waals surface area (Å²) in [6.07, 6.45) is 4.05. The van der Waals surface area contributed by atoms with Crippen LogP contribution in [0.15, 0.2) is 71.9 Å². The lowest BCUT2D eigenvalue weighted by Gasteiger charge is -2.36. The summed E-state index contributed by atoms with van der Waals surface area (Å²) >= 11 is 0. The molecule has 0 aliphatic carbocycles. The first-order valence-corrected chi connectivity index (χ1v) is 10.5. The van der Waals surface area contributed by atoms with Gasteiger partial charge in [0.1, 0.15) is 0 Å². The average molecular weight is 394 g/mol. The maximum absolute atomic E-state index is 13.6. The van der Waals surface area contributed by atoms with E-state index in [1.54, 1.807) is 34.9 Å². The third-order valence-electron chi connectivity index (χ3n) is 5.21. The van der Waals surface area contributed by atoms with Gasteiger partial charge in [-0.15, -0.1) is 0 Å². The molecule has 28 heavy (non-hydrogen) atoms. The third-order valence-corrected chi connectivity index (χ3v) is 7.07. The molecule has 6 nitrogen and oxygen atoms in total. The van der Waals surface area contributed by atoms with E-state index in [0.717, 1.165) is 11.1 Å². The van der Waals surface area contributed by atoms with Gasteiger partial charge < -0.3 is 9.47 Å². The second kappa shape index (κ2) is 6.61. The molecule has 142 valence electrons. The highest BCUT2D eigenvalue weighted by molar-refractivity contribution is 7.89. The molecule has 0 radical (unpaired) electrons. The van der Waals surface area contributed by atoms with Crippen molar-refractivity contribution in [3.05, 3.63) is 83.7 Å². The third kappa shape index (κ3) is 2.75. The van der Waals surface area contributed by atoms with Gasteiger partial charge >= 0.3 is 0 Å². The number of hydrogen-bond acceptors (Lipinski definition) is 5. The SMILES string of the molecule is O=S(=O)(c1ccc2c(c1)OCO2)N1CCc2ccccc2C1c1ccncc1. The molecular formula is C21H18N2O4S. The molecule has 0 bridgehead atoms. The molecule has 5 rings (SSSR count). The molecule has 2 aromatic carbocycles. The molecule has 3 aromatic rings. The van der Waals surface area contributed by atoms with Crippen molar-refractivity contribution in [2.24, 2.45) is 0 Å². The Kier molecular flexibility index (Phi) is 4.07. The Morgan fingerprint density at radius 2 is 1.75 bits per heavy atom. The highest BCUT2D eigenvalue weighted by Crippen LogP contribution is 2.40. The Balaban J connectivity index is 1.63. The average Bonchev–Trinajstić information content (AvgIpc) is 3.21. The molecule has 1 aromatic heterocycles. The monoisotopic (exact) mass is 394 g/mol. The van der Waals surface area contributed by atoms with E-state index in [1.165, 1.54) is 5.56 Å². The summed E-state index contributed by atoms with van der Waals surface area (Å²) in [5.74, 6) is 1.02. The normalized spacial score (nSPS) is 18.6. The number of benzene rings is 2. The van der Waals surface area contributed by atoms with Gasteiger partial charge in [0.05, 0.1) is 10.9 Å². The summed E-state index contributed by atoms with van der Waals surface area (Å²) in [4.78, 5) is 4.29. The van der Waals surface area contributed by atoms with Crippen molar-refractivity contribution >= 4 is 10.0 Å². The van der Waals surface area contributed by atoms with Gasteiger partial charge in [0, 0.05) is 25.0 Å². The summed E-state index contributed by atoms with van der Waals surface area (Å²) in [6.45, 7) is 0.510. The van der Waals surface area contributed by atoms with E-state index >= 15 is 0 Å².